The number of hydrogen-bond acceptors (Lipinski definition) is 3. The summed E-state index contributed by atoms with van der Waals surface area (Å²) in [7, 11) is 0. The van der Waals surface area contributed by atoms with Gasteiger partial charge < -0.3 is 5.32 Å². The maximum atomic E-state index is 12.4. The predicted octanol–water partition coefficient (Wildman–Crippen LogP) is 4.62. The van der Waals surface area contributed by atoms with Gasteiger partial charge in [-0.1, -0.05) is 35.3 Å². The molecule has 0 aromatic heterocycles. The van der Waals surface area contributed by atoms with Crippen molar-refractivity contribution in [1.29, 1.82) is 0 Å². The molecule has 1 aliphatic rings. The third-order valence-corrected chi connectivity index (χ3v) is 4.96. The summed E-state index contributed by atoms with van der Waals surface area (Å²) in [5, 5.41) is 8.07. The normalized spacial score (nSPS) is 14.2. The van der Waals surface area contributed by atoms with Gasteiger partial charge in [-0.15, -0.1) is 0 Å². The summed E-state index contributed by atoms with van der Waals surface area (Å²) < 4.78 is 37.0. The van der Waals surface area contributed by atoms with Crippen molar-refractivity contribution in [2.24, 2.45) is 5.10 Å². The van der Waals surface area contributed by atoms with E-state index in [1.54, 1.807) is 23.5 Å². The van der Waals surface area contributed by atoms with Crippen molar-refractivity contribution in [3.05, 3.63) is 63.1 Å². The molecule has 2 amide bonds. The van der Waals surface area contributed by atoms with E-state index in [0.29, 0.717) is 27.5 Å². The van der Waals surface area contributed by atoms with Crippen LogP contribution in [0, 0.1) is 6.92 Å². The molecule has 0 saturated heterocycles. The summed E-state index contributed by atoms with van der Waals surface area (Å²) in [6.07, 6.45) is -5.00. The minimum Gasteiger partial charge on any atom is -0.344 e. The number of hydrazone groups is 1. The molecule has 0 spiro atoms. The minimum absolute atomic E-state index is 0.0381. The number of alkyl halides is 3. The van der Waals surface area contributed by atoms with Crippen LogP contribution in [-0.4, -0.2) is 23.7 Å². The Morgan fingerprint density at radius 2 is 1.90 bits per heavy atom. The van der Waals surface area contributed by atoms with E-state index in [1.165, 1.54) is 23.2 Å². The lowest BCUT2D eigenvalue weighted by Gasteiger charge is -2.12. The molecule has 0 atom stereocenters. The topological polar surface area (TPSA) is 61.8 Å². The monoisotopic (exact) mass is 443 g/mol. The Labute approximate surface area is 174 Å². The van der Waals surface area contributed by atoms with E-state index in [9.17, 15) is 22.8 Å². The molecule has 10 heteroatoms. The fourth-order valence-electron chi connectivity index (χ4n) is 2.68. The van der Waals surface area contributed by atoms with Crippen LogP contribution in [-0.2, 0) is 16.1 Å². The van der Waals surface area contributed by atoms with Gasteiger partial charge >= 0.3 is 12.1 Å². The largest absolute Gasteiger partial charge is 0.471 e. The highest BCUT2D eigenvalue weighted by atomic mass is 35.5. The van der Waals surface area contributed by atoms with E-state index in [2.05, 4.69) is 5.10 Å². The van der Waals surface area contributed by atoms with Crippen molar-refractivity contribution < 1.29 is 22.8 Å². The fourth-order valence-corrected chi connectivity index (χ4v) is 3.08. The van der Waals surface area contributed by atoms with E-state index in [0.717, 1.165) is 5.56 Å². The fraction of sp³-hybridized carbons (Fsp3) is 0.211. The molecule has 29 heavy (non-hydrogen) atoms. The second-order valence-electron chi connectivity index (χ2n) is 6.36. The lowest BCUT2D eigenvalue weighted by molar-refractivity contribution is -0.173. The molecule has 1 aliphatic heterocycles. The first-order valence-electron chi connectivity index (χ1n) is 8.36. The van der Waals surface area contributed by atoms with Crippen LogP contribution in [0.15, 0.2) is 41.5 Å². The predicted molar refractivity (Wildman–Crippen MR) is 104 cm³/mol. The van der Waals surface area contributed by atoms with Crippen molar-refractivity contribution in [2.75, 3.05) is 5.01 Å². The highest BCUT2D eigenvalue weighted by molar-refractivity contribution is 6.35. The molecule has 0 unspecified atom stereocenters. The Hall–Kier alpha value is -2.58. The molecular formula is C19H14Cl2F3N3O2. The van der Waals surface area contributed by atoms with E-state index in [4.69, 9.17) is 23.2 Å². The summed E-state index contributed by atoms with van der Waals surface area (Å²) in [6, 6.07) is 9.54. The van der Waals surface area contributed by atoms with Gasteiger partial charge in [-0.2, -0.15) is 18.3 Å². The number of anilines is 1. The van der Waals surface area contributed by atoms with Crippen LogP contribution in [0.2, 0.25) is 10.0 Å². The van der Waals surface area contributed by atoms with E-state index >= 15 is 0 Å². The molecule has 3 rings (SSSR count). The first-order valence-corrected chi connectivity index (χ1v) is 9.12. The summed E-state index contributed by atoms with van der Waals surface area (Å²) in [4.78, 5) is 23.4. The van der Waals surface area contributed by atoms with E-state index < -0.39 is 12.1 Å². The van der Waals surface area contributed by atoms with Gasteiger partial charge in [0.2, 0.25) is 0 Å². The van der Waals surface area contributed by atoms with Gasteiger partial charge in [0.1, 0.15) is 0 Å². The van der Waals surface area contributed by atoms with Gasteiger partial charge in [0.15, 0.2) is 0 Å². The molecule has 2 aromatic rings. The summed E-state index contributed by atoms with van der Waals surface area (Å²) in [6.45, 7) is 1.48. The van der Waals surface area contributed by atoms with Crippen LogP contribution >= 0.6 is 23.2 Å². The summed E-state index contributed by atoms with van der Waals surface area (Å²) in [5.74, 6) is -2.34. The molecule has 1 heterocycles. The van der Waals surface area contributed by atoms with Gasteiger partial charge in [-0.3, -0.25) is 9.59 Å². The number of carbonyl (C=O) groups excluding carboxylic acids is 2. The average molecular weight is 444 g/mol. The number of nitrogens with one attached hydrogen (secondary N) is 1. The zero-order valence-electron chi connectivity index (χ0n) is 15.0. The van der Waals surface area contributed by atoms with Gasteiger partial charge in [0.25, 0.3) is 5.91 Å². The zero-order chi connectivity index (χ0) is 21.3. The zero-order valence-corrected chi connectivity index (χ0v) is 16.5. The van der Waals surface area contributed by atoms with Crippen molar-refractivity contribution >= 4 is 46.4 Å². The Morgan fingerprint density at radius 1 is 1.17 bits per heavy atom. The van der Waals surface area contributed by atoms with Gasteiger partial charge in [0.05, 0.1) is 17.8 Å². The SMILES string of the molecule is Cc1ccc(N2N=C(c3cc(CNC(=O)C(F)(F)F)ccc3Cl)CC2=O)cc1Cl. The average Bonchev–Trinajstić information content (AvgIpc) is 3.03. The molecular weight excluding hydrogens is 430 g/mol. The lowest BCUT2D eigenvalue weighted by atomic mass is 10.0. The highest BCUT2D eigenvalue weighted by Gasteiger charge is 2.38. The number of nitrogens with zero attached hydrogens (tertiary/aromatic N) is 2. The summed E-state index contributed by atoms with van der Waals surface area (Å²) >= 11 is 12.3. The molecule has 1 N–H and O–H groups in total. The Bertz CT molecular complexity index is 1020. The second-order valence-corrected chi connectivity index (χ2v) is 7.17. The van der Waals surface area contributed by atoms with Crippen LogP contribution in [0.5, 0.6) is 0 Å². The van der Waals surface area contributed by atoms with Crippen LogP contribution in [0.4, 0.5) is 18.9 Å². The standard InChI is InChI=1S/C19H14Cl2F3N3O2/c1-10-2-4-12(7-15(10)21)27-17(28)8-16(26-27)13-6-11(3-5-14(13)20)9-25-18(29)19(22,23)24/h2-7H,8-9H2,1H3,(H,25,29). The highest BCUT2D eigenvalue weighted by Crippen LogP contribution is 2.29. The number of benzene rings is 2. The molecule has 5 nitrogen and oxygen atoms in total. The molecule has 0 saturated carbocycles. The third-order valence-electron chi connectivity index (χ3n) is 4.23. The molecule has 2 aromatic carbocycles. The molecule has 0 radical (unpaired) electrons. The third kappa shape index (κ3) is 4.71. The maximum absolute atomic E-state index is 12.4. The molecule has 0 aliphatic carbocycles. The first-order chi connectivity index (χ1) is 13.6. The quantitative estimate of drug-likeness (QED) is 0.748. The van der Waals surface area contributed by atoms with E-state index in [-0.39, 0.29) is 23.9 Å². The molecule has 0 fully saturated rings. The van der Waals surface area contributed by atoms with Crippen molar-refractivity contribution in [1.82, 2.24) is 5.32 Å². The number of hydrogen-bond donors (Lipinski definition) is 1. The van der Waals surface area contributed by atoms with Gasteiger partial charge in [-0.05, 0) is 42.3 Å². The smallest absolute Gasteiger partial charge is 0.344 e. The van der Waals surface area contributed by atoms with Crippen molar-refractivity contribution in [2.45, 2.75) is 26.1 Å². The second kappa shape index (κ2) is 8.04. The van der Waals surface area contributed by atoms with Crippen LogP contribution < -0.4 is 10.3 Å². The van der Waals surface area contributed by atoms with Crippen molar-refractivity contribution in [3.8, 4) is 0 Å². The van der Waals surface area contributed by atoms with E-state index in [1.807, 2.05) is 6.92 Å². The number of amides is 2. The number of rotatable bonds is 4. The number of carbonyl (C=O) groups is 2. The maximum Gasteiger partial charge on any atom is 0.471 e. The Kier molecular flexibility index (Phi) is 5.86. The Balaban J connectivity index is 1.85. The number of halogens is 5. The van der Waals surface area contributed by atoms with Gasteiger partial charge in [0, 0.05) is 22.2 Å². The lowest BCUT2D eigenvalue weighted by Crippen LogP contribution is -2.36. The van der Waals surface area contributed by atoms with Crippen molar-refractivity contribution in [3.63, 3.8) is 0 Å². The van der Waals surface area contributed by atoms with Crippen LogP contribution in [0.1, 0.15) is 23.1 Å². The molecule has 0 bridgehead atoms. The van der Waals surface area contributed by atoms with Crippen LogP contribution in [0.25, 0.3) is 0 Å². The molecule has 152 valence electrons. The first kappa shape index (κ1) is 21.1. The van der Waals surface area contributed by atoms with Crippen LogP contribution in [0.3, 0.4) is 0 Å². The minimum atomic E-state index is -4.97. The Morgan fingerprint density at radius 3 is 2.55 bits per heavy atom. The number of aryl methyl sites for hydroxylation is 1. The summed E-state index contributed by atoms with van der Waals surface area (Å²) in [5.41, 5.74) is 2.49. The van der Waals surface area contributed by atoms with Gasteiger partial charge in [-0.25, -0.2) is 5.01 Å².